The van der Waals surface area contributed by atoms with Crippen molar-refractivity contribution in [2.45, 2.75) is 45.1 Å². The van der Waals surface area contributed by atoms with E-state index in [4.69, 9.17) is 5.73 Å². The smallest absolute Gasteiger partial charge is 0.275 e. The van der Waals surface area contributed by atoms with Gasteiger partial charge in [0.15, 0.2) is 5.78 Å². The molecule has 1 atom stereocenters. The van der Waals surface area contributed by atoms with Crippen molar-refractivity contribution < 1.29 is 13.6 Å². The van der Waals surface area contributed by atoms with Crippen molar-refractivity contribution in [1.29, 1.82) is 0 Å². The zero-order valence-electron chi connectivity index (χ0n) is 8.16. The second-order valence-corrected chi connectivity index (χ2v) is 5.01. The normalized spacial score (nSPS) is 31.5. The van der Waals surface area contributed by atoms with E-state index in [9.17, 15) is 13.6 Å². The van der Waals surface area contributed by atoms with Gasteiger partial charge in [-0.1, -0.05) is 20.8 Å². The molecule has 1 unspecified atom stereocenters. The third-order valence-electron chi connectivity index (χ3n) is 2.22. The van der Waals surface area contributed by atoms with Crippen molar-refractivity contribution >= 4 is 5.78 Å². The van der Waals surface area contributed by atoms with E-state index in [0.29, 0.717) is 0 Å². The Morgan fingerprint density at radius 2 is 1.85 bits per heavy atom. The largest absolute Gasteiger partial charge is 0.314 e. The zero-order valence-corrected chi connectivity index (χ0v) is 8.16. The van der Waals surface area contributed by atoms with Gasteiger partial charge >= 0.3 is 0 Å². The molecule has 0 aromatic carbocycles. The summed E-state index contributed by atoms with van der Waals surface area (Å²) in [5, 5.41) is 0. The number of Topliss-reactive ketones (excluding diaryl/α,β-unsaturated/α-hetero) is 1. The van der Waals surface area contributed by atoms with Crippen LogP contribution in [0.4, 0.5) is 8.78 Å². The van der Waals surface area contributed by atoms with Crippen molar-refractivity contribution in [1.82, 2.24) is 0 Å². The van der Waals surface area contributed by atoms with Crippen LogP contribution in [-0.4, -0.2) is 17.2 Å². The van der Waals surface area contributed by atoms with Crippen LogP contribution in [0.15, 0.2) is 0 Å². The van der Waals surface area contributed by atoms with E-state index in [-0.39, 0.29) is 11.8 Å². The van der Waals surface area contributed by atoms with Crippen molar-refractivity contribution in [2.24, 2.45) is 11.1 Å². The molecule has 0 aromatic heterocycles. The molecule has 0 saturated heterocycles. The topological polar surface area (TPSA) is 43.1 Å². The SMILES string of the molecule is CC(C)(C)CC(=O)C1(N)CC1(F)F. The highest BCUT2D eigenvalue weighted by atomic mass is 19.3. The molecule has 0 aromatic rings. The summed E-state index contributed by atoms with van der Waals surface area (Å²) in [6, 6.07) is 0. The number of carbonyl (C=O) groups is 1. The Kier molecular flexibility index (Phi) is 2.03. The van der Waals surface area contributed by atoms with E-state index in [1.807, 2.05) is 20.8 Å². The first-order valence-electron chi connectivity index (χ1n) is 4.28. The maximum Gasteiger partial charge on any atom is 0.275 e. The van der Waals surface area contributed by atoms with Gasteiger partial charge in [0.25, 0.3) is 5.92 Å². The molecule has 13 heavy (non-hydrogen) atoms. The molecule has 1 aliphatic rings. The van der Waals surface area contributed by atoms with Crippen LogP contribution in [0, 0.1) is 5.41 Å². The monoisotopic (exact) mass is 191 g/mol. The first-order chi connectivity index (χ1) is 5.58. The summed E-state index contributed by atoms with van der Waals surface area (Å²) >= 11 is 0. The number of carbonyl (C=O) groups excluding carboxylic acids is 1. The summed E-state index contributed by atoms with van der Waals surface area (Å²) in [7, 11) is 0. The number of hydrogen-bond acceptors (Lipinski definition) is 2. The molecular formula is C9H15F2NO. The Bertz CT molecular complexity index is 244. The van der Waals surface area contributed by atoms with Crippen LogP contribution in [0.1, 0.15) is 33.6 Å². The summed E-state index contributed by atoms with van der Waals surface area (Å²) in [6.45, 7) is 5.48. The lowest BCUT2D eigenvalue weighted by atomic mass is 9.87. The lowest BCUT2D eigenvalue weighted by Gasteiger charge is -2.19. The predicted octanol–water partition coefficient (Wildman–Crippen LogP) is 1.73. The third kappa shape index (κ3) is 1.88. The Balaban J connectivity index is 2.62. The number of alkyl halides is 2. The van der Waals surface area contributed by atoms with Crippen LogP contribution in [0.3, 0.4) is 0 Å². The van der Waals surface area contributed by atoms with Gasteiger partial charge in [0, 0.05) is 12.8 Å². The number of rotatable bonds is 2. The Morgan fingerprint density at radius 3 is 2.08 bits per heavy atom. The highest BCUT2D eigenvalue weighted by Gasteiger charge is 2.73. The zero-order chi connectivity index (χ0) is 10.5. The molecule has 2 nitrogen and oxygen atoms in total. The predicted molar refractivity (Wildman–Crippen MR) is 45.6 cm³/mol. The van der Waals surface area contributed by atoms with Gasteiger partial charge < -0.3 is 5.73 Å². The standard InChI is InChI=1S/C9H15F2NO/c1-7(2,3)4-6(13)8(12)5-9(8,10)11/h4-5,12H2,1-3H3. The van der Waals surface area contributed by atoms with Crippen LogP contribution in [0.5, 0.6) is 0 Å². The number of ketones is 1. The van der Waals surface area contributed by atoms with Gasteiger partial charge in [0.2, 0.25) is 0 Å². The number of halogens is 2. The summed E-state index contributed by atoms with van der Waals surface area (Å²) in [4.78, 5) is 11.4. The van der Waals surface area contributed by atoms with Crippen molar-refractivity contribution in [3.63, 3.8) is 0 Å². The minimum atomic E-state index is -2.98. The van der Waals surface area contributed by atoms with E-state index >= 15 is 0 Å². The highest BCUT2D eigenvalue weighted by molar-refractivity contribution is 5.93. The van der Waals surface area contributed by atoms with Crippen molar-refractivity contribution in [2.75, 3.05) is 0 Å². The maximum absolute atomic E-state index is 12.7. The number of hydrogen-bond donors (Lipinski definition) is 1. The molecule has 0 radical (unpaired) electrons. The molecule has 76 valence electrons. The molecule has 0 heterocycles. The molecule has 1 fully saturated rings. The average molecular weight is 191 g/mol. The van der Waals surface area contributed by atoms with Crippen LogP contribution < -0.4 is 5.73 Å². The molecule has 0 amide bonds. The summed E-state index contributed by atoms with van der Waals surface area (Å²) in [5.41, 5.74) is 3.14. The fourth-order valence-electron chi connectivity index (χ4n) is 1.25. The first kappa shape index (κ1) is 10.6. The lowest BCUT2D eigenvalue weighted by Crippen LogP contribution is -2.40. The molecule has 1 saturated carbocycles. The second-order valence-electron chi connectivity index (χ2n) is 5.01. The molecule has 1 rings (SSSR count). The van der Waals surface area contributed by atoms with E-state index in [0.717, 1.165) is 0 Å². The Morgan fingerprint density at radius 1 is 1.46 bits per heavy atom. The van der Waals surface area contributed by atoms with Gasteiger partial charge in [-0.25, -0.2) is 8.78 Å². The summed E-state index contributed by atoms with van der Waals surface area (Å²) in [5.74, 6) is -3.50. The first-order valence-corrected chi connectivity index (χ1v) is 4.28. The van der Waals surface area contributed by atoms with Crippen LogP contribution in [0.25, 0.3) is 0 Å². The minimum absolute atomic E-state index is 0.110. The highest BCUT2D eigenvalue weighted by Crippen LogP contribution is 2.52. The molecule has 0 spiro atoms. The Hall–Kier alpha value is -0.510. The molecule has 4 heteroatoms. The van der Waals surface area contributed by atoms with E-state index in [1.54, 1.807) is 0 Å². The third-order valence-corrected chi connectivity index (χ3v) is 2.22. The van der Waals surface area contributed by atoms with Crippen molar-refractivity contribution in [3.8, 4) is 0 Å². The van der Waals surface area contributed by atoms with Gasteiger partial charge in [-0.05, 0) is 5.41 Å². The molecule has 0 aliphatic heterocycles. The van der Waals surface area contributed by atoms with E-state index in [1.165, 1.54) is 0 Å². The van der Waals surface area contributed by atoms with Gasteiger partial charge in [-0.3, -0.25) is 4.79 Å². The molecule has 1 aliphatic carbocycles. The number of nitrogens with two attached hydrogens (primary N) is 1. The van der Waals surface area contributed by atoms with Crippen molar-refractivity contribution in [3.05, 3.63) is 0 Å². The quantitative estimate of drug-likeness (QED) is 0.722. The van der Waals surface area contributed by atoms with E-state index in [2.05, 4.69) is 0 Å². The molecule has 2 N–H and O–H groups in total. The fraction of sp³-hybridized carbons (Fsp3) is 0.889. The second kappa shape index (κ2) is 2.50. The molecular weight excluding hydrogens is 176 g/mol. The van der Waals surface area contributed by atoms with Gasteiger partial charge in [0.1, 0.15) is 5.54 Å². The maximum atomic E-state index is 12.7. The summed E-state index contributed by atoms with van der Waals surface area (Å²) in [6.07, 6.45) is -0.381. The minimum Gasteiger partial charge on any atom is -0.314 e. The summed E-state index contributed by atoms with van der Waals surface area (Å²) < 4.78 is 25.3. The Labute approximate surface area is 76.5 Å². The van der Waals surface area contributed by atoms with Crippen LogP contribution >= 0.6 is 0 Å². The lowest BCUT2D eigenvalue weighted by molar-refractivity contribution is -0.125. The van der Waals surface area contributed by atoms with Crippen LogP contribution in [-0.2, 0) is 4.79 Å². The van der Waals surface area contributed by atoms with Gasteiger partial charge in [0.05, 0.1) is 0 Å². The van der Waals surface area contributed by atoms with E-state index < -0.39 is 23.7 Å². The molecule has 0 bridgehead atoms. The van der Waals surface area contributed by atoms with Crippen LogP contribution in [0.2, 0.25) is 0 Å². The van der Waals surface area contributed by atoms with Gasteiger partial charge in [-0.15, -0.1) is 0 Å². The average Bonchev–Trinajstić information content (AvgIpc) is 2.29. The fourth-order valence-corrected chi connectivity index (χ4v) is 1.25. The van der Waals surface area contributed by atoms with Gasteiger partial charge in [-0.2, -0.15) is 0 Å².